The van der Waals surface area contributed by atoms with E-state index in [2.05, 4.69) is 182 Å². The summed E-state index contributed by atoms with van der Waals surface area (Å²) in [5.74, 6) is 1.81. The second-order valence-electron chi connectivity index (χ2n) is 16.3. The Morgan fingerprint density at radius 1 is 0.305 bits per heavy atom. The van der Waals surface area contributed by atoms with Crippen molar-refractivity contribution < 1.29 is 9.15 Å². The van der Waals surface area contributed by atoms with Gasteiger partial charge in [0.1, 0.15) is 22.7 Å². The largest absolute Gasteiger partial charge is 0.456 e. The molecule has 0 atom stereocenters. The van der Waals surface area contributed by atoms with Crippen LogP contribution in [0.4, 0.5) is 0 Å². The second kappa shape index (κ2) is 11.2. The van der Waals surface area contributed by atoms with Crippen molar-refractivity contribution in [3.05, 3.63) is 216 Å². The first-order valence-electron chi connectivity index (χ1n) is 20.4. The van der Waals surface area contributed by atoms with Gasteiger partial charge in [0.15, 0.2) is 0 Å². The maximum absolute atomic E-state index is 6.52. The first-order chi connectivity index (χ1) is 29.2. The van der Waals surface area contributed by atoms with Gasteiger partial charge >= 0.3 is 0 Å². The van der Waals surface area contributed by atoms with Crippen molar-refractivity contribution in [2.45, 2.75) is 5.41 Å². The molecule has 0 amide bonds. The molecule has 2 nitrogen and oxygen atoms in total. The second-order valence-corrected chi connectivity index (χ2v) is 16.3. The quantitative estimate of drug-likeness (QED) is 0.176. The molecule has 1 aromatic heterocycles. The van der Waals surface area contributed by atoms with Gasteiger partial charge in [-0.25, -0.2) is 0 Å². The minimum atomic E-state index is -0.478. The summed E-state index contributed by atoms with van der Waals surface area (Å²) in [7, 11) is 0. The van der Waals surface area contributed by atoms with Crippen molar-refractivity contribution in [1.82, 2.24) is 0 Å². The first kappa shape index (κ1) is 31.4. The molecule has 0 radical (unpaired) electrons. The third-order valence-corrected chi connectivity index (χ3v) is 13.5. The van der Waals surface area contributed by atoms with Crippen molar-refractivity contribution in [2.24, 2.45) is 0 Å². The highest BCUT2D eigenvalue weighted by atomic mass is 16.5. The molecule has 2 aliphatic carbocycles. The zero-order valence-electron chi connectivity index (χ0n) is 31.8. The topological polar surface area (TPSA) is 22.4 Å². The summed E-state index contributed by atoms with van der Waals surface area (Å²) in [6.07, 6.45) is 0. The minimum absolute atomic E-state index is 0.478. The van der Waals surface area contributed by atoms with Crippen LogP contribution in [0.3, 0.4) is 0 Å². The van der Waals surface area contributed by atoms with Gasteiger partial charge in [-0.1, -0.05) is 140 Å². The molecule has 0 saturated heterocycles. The van der Waals surface area contributed by atoms with Gasteiger partial charge in [-0.05, 0) is 143 Å². The number of benzene rings is 10. The zero-order chi connectivity index (χ0) is 38.4. The Morgan fingerprint density at radius 2 is 0.949 bits per heavy atom. The zero-order valence-corrected chi connectivity index (χ0v) is 31.8. The summed E-state index contributed by atoms with van der Waals surface area (Å²) in [5.41, 5.74) is 19.0. The Labute approximate surface area is 340 Å². The van der Waals surface area contributed by atoms with Gasteiger partial charge in [-0.15, -0.1) is 0 Å². The van der Waals surface area contributed by atoms with Gasteiger partial charge in [0.05, 0.1) is 5.41 Å². The van der Waals surface area contributed by atoms with Gasteiger partial charge in [0.2, 0.25) is 0 Å². The fourth-order valence-corrected chi connectivity index (χ4v) is 11.0. The van der Waals surface area contributed by atoms with Gasteiger partial charge in [-0.3, -0.25) is 0 Å². The summed E-state index contributed by atoms with van der Waals surface area (Å²) >= 11 is 0. The SMILES string of the molecule is c1ccc2c(c1)-c1ccccc1C21c2cc(-c3ccc4c(c3)-c3cccc5cccc(c35)O4)ccc2-c2cc3c(-c4ccc5oc6ccccc6c5c4)cccc3cc21. The lowest BCUT2D eigenvalue weighted by atomic mass is 9.70. The molecule has 2 heterocycles. The van der Waals surface area contributed by atoms with E-state index in [0.29, 0.717) is 0 Å². The third-order valence-electron chi connectivity index (χ3n) is 13.5. The van der Waals surface area contributed by atoms with E-state index in [4.69, 9.17) is 9.15 Å². The van der Waals surface area contributed by atoms with E-state index < -0.39 is 5.41 Å². The van der Waals surface area contributed by atoms with Crippen molar-refractivity contribution in [1.29, 1.82) is 0 Å². The van der Waals surface area contributed by atoms with Crippen LogP contribution in [0, 0.1) is 0 Å². The van der Waals surface area contributed by atoms with E-state index in [-0.39, 0.29) is 0 Å². The lowest BCUT2D eigenvalue weighted by molar-refractivity contribution is 0.487. The molecule has 0 saturated carbocycles. The van der Waals surface area contributed by atoms with E-state index in [0.717, 1.165) is 39.0 Å². The Morgan fingerprint density at radius 3 is 1.81 bits per heavy atom. The number of rotatable bonds is 2. The molecule has 2 heteroatoms. The molecule has 59 heavy (non-hydrogen) atoms. The van der Waals surface area contributed by atoms with Crippen LogP contribution in [0.1, 0.15) is 22.3 Å². The Kier molecular flexibility index (Phi) is 5.99. The molecule has 1 spiro atoms. The molecule has 272 valence electrons. The number of ether oxygens (including phenoxy) is 1. The Hall–Kier alpha value is -7.68. The summed E-state index contributed by atoms with van der Waals surface area (Å²) in [6, 6.07) is 71.6. The van der Waals surface area contributed by atoms with Crippen molar-refractivity contribution >= 4 is 43.5 Å². The van der Waals surface area contributed by atoms with E-state index in [1.807, 2.05) is 12.1 Å². The average molecular weight is 749 g/mol. The lowest BCUT2D eigenvalue weighted by Gasteiger charge is -2.31. The highest BCUT2D eigenvalue weighted by molar-refractivity contribution is 6.10. The molecule has 11 aromatic rings. The fraction of sp³-hybridized carbons (Fsp3) is 0.0175. The minimum Gasteiger partial charge on any atom is -0.456 e. The van der Waals surface area contributed by atoms with Crippen molar-refractivity contribution in [3.63, 3.8) is 0 Å². The predicted octanol–water partition coefficient (Wildman–Crippen LogP) is 15.3. The highest BCUT2D eigenvalue weighted by Gasteiger charge is 2.51. The number of hydrogen-bond donors (Lipinski definition) is 0. The number of fused-ring (bicyclic) bond motifs is 16. The predicted molar refractivity (Wildman–Crippen MR) is 241 cm³/mol. The summed E-state index contributed by atoms with van der Waals surface area (Å²) in [5, 5.41) is 7.13. The van der Waals surface area contributed by atoms with Crippen LogP contribution in [-0.4, -0.2) is 0 Å². The number of para-hydroxylation sites is 1. The van der Waals surface area contributed by atoms with Gasteiger partial charge < -0.3 is 9.15 Å². The standard InChI is InChI=1S/C57H32O2/c1-4-18-48-39(13-1)40-14-2-5-19-49(40)57(48)50-30-35(34-23-26-54-47(28-34)43-17-7-10-33-11-9-21-55(59-54)56(33)43)22-25-41(50)45-32-44-36(31-51(45)57)12-8-16-38(44)37-24-27-53-46(29-37)42-15-3-6-20-52(42)58-53/h1-32H. The summed E-state index contributed by atoms with van der Waals surface area (Å²) in [6.45, 7) is 0. The molecule has 0 unspecified atom stereocenters. The van der Waals surface area contributed by atoms with Crippen LogP contribution in [0.5, 0.6) is 11.5 Å². The van der Waals surface area contributed by atoms with E-state index in [9.17, 15) is 0 Å². The average Bonchev–Trinajstić information content (AvgIpc) is 3.91. The van der Waals surface area contributed by atoms with E-state index in [1.54, 1.807) is 0 Å². The number of furan rings is 1. The molecular weight excluding hydrogens is 717 g/mol. The highest BCUT2D eigenvalue weighted by Crippen LogP contribution is 2.64. The monoisotopic (exact) mass is 748 g/mol. The van der Waals surface area contributed by atoms with Crippen LogP contribution >= 0.6 is 0 Å². The molecule has 1 aliphatic heterocycles. The number of hydrogen-bond acceptors (Lipinski definition) is 2. The van der Waals surface area contributed by atoms with E-state index in [1.165, 1.54) is 93.9 Å². The smallest absolute Gasteiger partial charge is 0.135 e. The van der Waals surface area contributed by atoms with Crippen LogP contribution < -0.4 is 4.74 Å². The molecular formula is C57H32O2. The molecule has 10 aromatic carbocycles. The van der Waals surface area contributed by atoms with E-state index >= 15 is 0 Å². The fourth-order valence-electron chi connectivity index (χ4n) is 11.0. The van der Waals surface area contributed by atoms with Crippen LogP contribution in [0.2, 0.25) is 0 Å². The molecule has 3 aliphatic rings. The Balaban J connectivity index is 1.01. The van der Waals surface area contributed by atoms with Gasteiger partial charge in [0.25, 0.3) is 0 Å². The normalized spacial score (nSPS) is 13.7. The van der Waals surface area contributed by atoms with Crippen LogP contribution in [0.15, 0.2) is 199 Å². The maximum Gasteiger partial charge on any atom is 0.135 e. The molecule has 0 fully saturated rings. The van der Waals surface area contributed by atoms with Crippen molar-refractivity contribution in [2.75, 3.05) is 0 Å². The molecule has 0 N–H and O–H groups in total. The Bertz CT molecular complexity index is 3610. The summed E-state index contributed by atoms with van der Waals surface area (Å²) < 4.78 is 12.8. The van der Waals surface area contributed by atoms with Crippen LogP contribution in [-0.2, 0) is 5.41 Å². The van der Waals surface area contributed by atoms with Crippen molar-refractivity contribution in [3.8, 4) is 67.1 Å². The van der Waals surface area contributed by atoms with Gasteiger partial charge in [0, 0.05) is 21.7 Å². The maximum atomic E-state index is 6.52. The third kappa shape index (κ3) is 4.05. The van der Waals surface area contributed by atoms with Crippen LogP contribution in [0.25, 0.3) is 99.1 Å². The molecule has 14 rings (SSSR count). The first-order valence-corrected chi connectivity index (χ1v) is 20.4. The molecule has 0 bridgehead atoms. The lowest BCUT2D eigenvalue weighted by Crippen LogP contribution is -2.25. The summed E-state index contributed by atoms with van der Waals surface area (Å²) in [4.78, 5) is 0. The van der Waals surface area contributed by atoms with Gasteiger partial charge in [-0.2, -0.15) is 0 Å².